The van der Waals surface area contributed by atoms with Crippen molar-refractivity contribution in [3.63, 3.8) is 0 Å². The molecule has 1 aromatic carbocycles. The molecule has 1 atom stereocenters. The van der Waals surface area contributed by atoms with Gasteiger partial charge in [-0.15, -0.1) is 11.3 Å². The number of aliphatic hydroxyl groups is 1. The van der Waals surface area contributed by atoms with Gasteiger partial charge in [0.25, 0.3) is 5.91 Å². The van der Waals surface area contributed by atoms with Crippen molar-refractivity contribution in [3.8, 4) is 0 Å². The number of nitrogens with zero attached hydrogens (tertiary/aromatic N) is 2. The maximum absolute atomic E-state index is 13.1. The minimum atomic E-state index is -0.609. The van der Waals surface area contributed by atoms with Gasteiger partial charge in [-0.25, -0.2) is 0 Å². The molecular weight excluding hydrogens is 396 g/mol. The van der Waals surface area contributed by atoms with Crippen LogP contribution in [0.25, 0.3) is 0 Å². The predicted molar refractivity (Wildman–Crippen MR) is 110 cm³/mol. The zero-order valence-corrected chi connectivity index (χ0v) is 16.9. The highest BCUT2D eigenvalue weighted by Gasteiger charge is 2.43. The van der Waals surface area contributed by atoms with Crippen LogP contribution in [0.3, 0.4) is 0 Å². The minimum absolute atomic E-state index is 0.149. The predicted octanol–water partition coefficient (Wildman–Crippen LogP) is 4.08. The molecule has 1 unspecified atom stereocenters. The van der Waals surface area contributed by atoms with E-state index in [-0.39, 0.29) is 11.4 Å². The molecule has 2 aromatic rings. The van der Waals surface area contributed by atoms with Crippen LogP contribution < -0.4 is 0 Å². The average molecular weight is 417 g/mol. The summed E-state index contributed by atoms with van der Waals surface area (Å²) >= 11 is 7.33. The minimum Gasteiger partial charge on any atom is -0.503 e. The Kier molecular flexibility index (Phi) is 5.53. The van der Waals surface area contributed by atoms with Crippen molar-refractivity contribution in [3.05, 3.63) is 68.6 Å². The van der Waals surface area contributed by atoms with E-state index in [9.17, 15) is 14.7 Å². The van der Waals surface area contributed by atoms with Crippen molar-refractivity contribution in [1.82, 2.24) is 9.80 Å². The van der Waals surface area contributed by atoms with Crippen molar-refractivity contribution in [1.29, 1.82) is 0 Å². The van der Waals surface area contributed by atoms with E-state index >= 15 is 0 Å². The summed E-state index contributed by atoms with van der Waals surface area (Å²) in [6.07, 6.45) is 2.33. The van der Waals surface area contributed by atoms with E-state index < -0.39 is 17.7 Å². The van der Waals surface area contributed by atoms with Gasteiger partial charge in [0.1, 0.15) is 0 Å². The molecule has 1 fully saturated rings. The first-order chi connectivity index (χ1) is 13.6. The summed E-state index contributed by atoms with van der Waals surface area (Å²) in [7, 11) is 0. The summed E-state index contributed by atoms with van der Waals surface area (Å²) in [4.78, 5) is 30.4. The molecule has 0 spiro atoms. The zero-order chi connectivity index (χ0) is 19.7. The molecule has 7 heteroatoms. The van der Waals surface area contributed by atoms with Crippen LogP contribution >= 0.6 is 22.9 Å². The number of thiophene rings is 1. The SMILES string of the molecule is O=C(C1=C(O)C(=O)N(CCN2CCCC2)C1c1ccc(Cl)cc1)c1cccs1. The molecule has 0 aliphatic carbocycles. The third-order valence-corrected chi connectivity index (χ3v) is 6.46. The zero-order valence-electron chi connectivity index (χ0n) is 15.3. The lowest BCUT2D eigenvalue weighted by atomic mass is 9.95. The summed E-state index contributed by atoms with van der Waals surface area (Å²) in [5.41, 5.74) is 0.916. The number of Topliss-reactive ketones (excluding diaryl/α,β-unsaturated/α-hetero) is 1. The molecule has 146 valence electrons. The molecule has 0 radical (unpaired) electrons. The van der Waals surface area contributed by atoms with Crippen LogP contribution in [0.1, 0.15) is 34.1 Å². The van der Waals surface area contributed by atoms with Crippen LogP contribution in [0.4, 0.5) is 0 Å². The Bertz CT molecular complexity index is 902. The van der Waals surface area contributed by atoms with Crippen LogP contribution in [0.2, 0.25) is 5.02 Å². The van der Waals surface area contributed by atoms with Crippen LogP contribution in [-0.2, 0) is 4.79 Å². The van der Waals surface area contributed by atoms with Crippen molar-refractivity contribution in [2.75, 3.05) is 26.2 Å². The second-order valence-electron chi connectivity index (χ2n) is 7.07. The highest BCUT2D eigenvalue weighted by molar-refractivity contribution is 7.12. The number of halogens is 1. The van der Waals surface area contributed by atoms with E-state index in [2.05, 4.69) is 4.90 Å². The third kappa shape index (κ3) is 3.60. The maximum atomic E-state index is 13.1. The van der Waals surface area contributed by atoms with E-state index in [1.165, 1.54) is 24.2 Å². The van der Waals surface area contributed by atoms with Crippen molar-refractivity contribution >= 4 is 34.6 Å². The molecule has 4 rings (SSSR count). The molecule has 28 heavy (non-hydrogen) atoms. The van der Waals surface area contributed by atoms with Gasteiger partial charge >= 0.3 is 0 Å². The molecule has 1 aromatic heterocycles. The molecule has 3 heterocycles. The van der Waals surface area contributed by atoms with Gasteiger partial charge in [-0.3, -0.25) is 9.59 Å². The molecule has 2 aliphatic rings. The topological polar surface area (TPSA) is 60.9 Å². The number of hydrogen-bond donors (Lipinski definition) is 1. The molecule has 5 nitrogen and oxygen atoms in total. The first-order valence-corrected chi connectivity index (χ1v) is 10.6. The van der Waals surface area contributed by atoms with Crippen LogP contribution in [0.5, 0.6) is 0 Å². The van der Waals surface area contributed by atoms with Gasteiger partial charge < -0.3 is 14.9 Å². The lowest BCUT2D eigenvalue weighted by molar-refractivity contribution is -0.129. The van der Waals surface area contributed by atoms with Crippen molar-refractivity contribution in [2.45, 2.75) is 18.9 Å². The van der Waals surface area contributed by atoms with Gasteiger partial charge in [0.05, 0.1) is 16.5 Å². The summed E-state index contributed by atoms with van der Waals surface area (Å²) in [5.74, 6) is -1.23. The molecule has 0 bridgehead atoms. The molecule has 0 saturated carbocycles. The molecule has 2 aliphatic heterocycles. The number of likely N-dealkylation sites (tertiary alicyclic amines) is 1. The summed E-state index contributed by atoms with van der Waals surface area (Å²) in [6.45, 7) is 3.23. The van der Waals surface area contributed by atoms with Crippen molar-refractivity contribution in [2.24, 2.45) is 0 Å². The third-order valence-electron chi connectivity index (χ3n) is 5.33. The summed E-state index contributed by atoms with van der Waals surface area (Å²) < 4.78 is 0. The number of carbonyl (C=O) groups excluding carboxylic acids is 2. The second-order valence-corrected chi connectivity index (χ2v) is 8.45. The Balaban J connectivity index is 1.68. The van der Waals surface area contributed by atoms with E-state index in [0.29, 0.717) is 16.4 Å². The van der Waals surface area contributed by atoms with Gasteiger partial charge in [-0.1, -0.05) is 29.8 Å². The van der Waals surface area contributed by atoms with Gasteiger partial charge in [-0.2, -0.15) is 0 Å². The molecule has 1 saturated heterocycles. The fraction of sp³-hybridized carbons (Fsp3) is 0.333. The molecule has 1 amide bonds. The highest BCUT2D eigenvalue weighted by atomic mass is 35.5. The number of aliphatic hydroxyl groups excluding tert-OH is 1. The number of rotatable bonds is 6. The second kappa shape index (κ2) is 8.07. The monoisotopic (exact) mass is 416 g/mol. The lowest BCUT2D eigenvalue weighted by Crippen LogP contribution is -2.37. The summed E-state index contributed by atoms with van der Waals surface area (Å²) in [6, 6.07) is 9.98. The van der Waals surface area contributed by atoms with Gasteiger partial charge in [0.2, 0.25) is 5.78 Å². The largest absolute Gasteiger partial charge is 0.503 e. The smallest absolute Gasteiger partial charge is 0.290 e. The average Bonchev–Trinajstić information content (AvgIpc) is 3.44. The quantitative estimate of drug-likeness (QED) is 0.721. The lowest BCUT2D eigenvalue weighted by Gasteiger charge is -2.28. The Morgan fingerprint density at radius 3 is 2.50 bits per heavy atom. The number of carbonyl (C=O) groups is 2. The Labute approximate surface area is 172 Å². The number of hydrogen-bond acceptors (Lipinski definition) is 5. The Hall–Kier alpha value is -2.15. The van der Waals surface area contributed by atoms with E-state index in [4.69, 9.17) is 11.6 Å². The number of benzene rings is 1. The number of ketones is 1. The van der Waals surface area contributed by atoms with E-state index in [0.717, 1.165) is 25.2 Å². The van der Waals surface area contributed by atoms with E-state index in [1.54, 1.807) is 29.2 Å². The van der Waals surface area contributed by atoms with Crippen LogP contribution in [0.15, 0.2) is 53.1 Å². The van der Waals surface area contributed by atoms with Gasteiger partial charge in [-0.05, 0) is 55.1 Å². The standard InChI is InChI=1S/C21H21ClN2O3S/c22-15-7-5-14(6-8-15)18-17(19(25)16-4-3-13-28-16)20(26)21(27)24(18)12-11-23-9-1-2-10-23/h3-8,13,18,26H,1-2,9-12H2. The molecular formula is C21H21ClN2O3S. The van der Waals surface area contributed by atoms with Crippen LogP contribution in [-0.4, -0.2) is 52.8 Å². The number of amides is 1. The molecule has 1 N–H and O–H groups in total. The van der Waals surface area contributed by atoms with Crippen molar-refractivity contribution < 1.29 is 14.7 Å². The van der Waals surface area contributed by atoms with E-state index in [1.807, 2.05) is 17.5 Å². The van der Waals surface area contributed by atoms with Gasteiger partial charge in [0, 0.05) is 18.1 Å². The Morgan fingerprint density at radius 2 is 1.86 bits per heavy atom. The van der Waals surface area contributed by atoms with Crippen LogP contribution in [0, 0.1) is 0 Å². The first-order valence-electron chi connectivity index (χ1n) is 9.36. The highest BCUT2D eigenvalue weighted by Crippen LogP contribution is 2.39. The Morgan fingerprint density at radius 1 is 1.14 bits per heavy atom. The summed E-state index contributed by atoms with van der Waals surface area (Å²) in [5, 5.41) is 13.0. The first kappa shape index (κ1) is 19.2. The fourth-order valence-corrected chi connectivity index (χ4v) is 4.71. The maximum Gasteiger partial charge on any atom is 0.290 e. The fourth-order valence-electron chi connectivity index (χ4n) is 3.90. The van der Waals surface area contributed by atoms with Gasteiger partial charge in [0.15, 0.2) is 5.76 Å². The normalized spacial score (nSPS) is 20.4.